The van der Waals surface area contributed by atoms with Crippen molar-refractivity contribution >= 4 is 5.69 Å². The molecule has 1 heterocycles. The molecule has 0 saturated carbocycles. The lowest BCUT2D eigenvalue weighted by Gasteiger charge is -2.23. The van der Waals surface area contributed by atoms with E-state index >= 15 is 0 Å². The maximum absolute atomic E-state index is 2.46. The molecule has 0 N–H and O–H groups in total. The van der Waals surface area contributed by atoms with Crippen molar-refractivity contribution in [2.75, 3.05) is 25.0 Å². The molecule has 0 fully saturated rings. The molecule has 1 aliphatic rings. The van der Waals surface area contributed by atoms with Crippen LogP contribution in [0.4, 0.5) is 5.69 Å². The van der Waals surface area contributed by atoms with Crippen LogP contribution in [0, 0.1) is 0 Å². The smallest absolute Gasteiger partial charge is 0.0369 e. The van der Waals surface area contributed by atoms with Crippen LogP contribution >= 0.6 is 0 Å². The van der Waals surface area contributed by atoms with E-state index in [-0.39, 0.29) is 0 Å². The fourth-order valence-electron chi connectivity index (χ4n) is 2.49. The molecule has 88 valence electrons. The predicted octanol–water partition coefficient (Wildman–Crippen LogP) is 2.87. The van der Waals surface area contributed by atoms with Crippen molar-refractivity contribution in [3.63, 3.8) is 0 Å². The normalized spacial score (nSPS) is 15.2. The molecule has 2 nitrogen and oxygen atoms in total. The van der Waals surface area contributed by atoms with Crippen molar-refractivity contribution in [2.24, 2.45) is 0 Å². The second kappa shape index (κ2) is 4.88. The quantitative estimate of drug-likeness (QED) is 0.766. The first-order chi connectivity index (χ1) is 7.74. The summed E-state index contributed by atoms with van der Waals surface area (Å²) in [6, 6.07) is 6.95. The van der Waals surface area contributed by atoms with Crippen molar-refractivity contribution in [1.82, 2.24) is 4.90 Å². The van der Waals surface area contributed by atoms with E-state index in [2.05, 4.69) is 48.9 Å². The van der Waals surface area contributed by atoms with E-state index in [1.165, 1.54) is 23.2 Å². The van der Waals surface area contributed by atoms with E-state index in [4.69, 9.17) is 0 Å². The van der Waals surface area contributed by atoms with Gasteiger partial charge in [0.05, 0.1) is 0 Å². The molecule has 1 aliphatic heterocycles. The first kappa shape index (κ1) is 11.5. The lowest BCUT2D eigenvalue weighted by molar-refractivity contribution is 0.353. The summed E-state index contributed by atoms with van der Waals surface area (Å²) in [4.78, 5) is 4.82. The topological polar surface area (TPSA) is 6.48 Å². The number of hydrogen-bond donors (Lipinski definition) is 0. The average Bonchev–Trinajstić information content (AvgIpc) is 2.64. The van der Waals surface area contributed by atoms with Crippen LogP contribution in [0.25, 0.3) is 0 Å². The summed E-state index contributed by atoms with van der Waals surface area (Å²) >= 11 is 0. The van der Waals surface area contributed by atoms with E-state index in [1.807, 2.05) is 0 Å². The number of rotatable bonds is 4. The van der Waals surface area contributed by atoms with Gasteiger partial charge in [-0.15, -0.1) is 0 Å². The molecule has 0 spiro atoms. The fraction of sp³-hybridized carbons (Fsp3) is 0.571. The Hall–Kier alpha value is -1.02. The van der Waals surface area contributed by atoms with Gasteiger partial charge in [0.1, 0.15) is 0 Å². The maximum atomic E-state index is 2.46. The molecule has 2 heteroatoms. The monoisotopic (exact) mass is 218 g/mol. The molecule has 0 aliphatic carbocycles. The van der Waals surface area contributed by atoms with Gasteiger partial charge in [-0.2, -0.15) is 0 Å². The summed E-state index contributed by atoms with van der Waals surface area (Å²) in [6.45, 7) is 8.94. The summed E-state index contributed by atoms with van der Waals surface area (Å²) in [5.74, 6) is 0. The van der Waals surface area contributed by atoms with E-state index in [9.17, 15) is 0 Å². The van der Waals surface area contributed by atoms with Gasteiger partial charge in [-0.1, -0.05) is 13.0 Å². The summed E-state index contributed by atoms with van der Waals surface area (Å²) in [5, 5.41) is 0. The van der Waals surface area contributed by atoms with E-state index in [0.29, 0.717) is 0 Å². The minimum absolute atomic E-state index is 1.10. The van der Waals surface area contributed by atoms with Gasteiger partial charge < -0.3 is 4.90 Å². The van der Waals surface area contributed by atoms with Crippen LogP contribution in [-0.4, -0.2) is 25.0 Å². The molecule has 0 aromatic heterocycles. The lowest BCUT2D eigenvalue weighted by Crippen LogP contribution is -2.23. The summed E-state index contributed by atoms with van der Waals surface area (Å²) < 4.78 is 0. The van der Waals surface area contributed by atoms with Gasteiger partial charge in [0, 0.05) is 31.9 Å². The molecule has 0 bridgehead atoms. The van der Waals surface area contributed by atoms with Crippen molar-refractivity contribution < 1.29 is 0 Å². The Bertz CT molecular complexity index is 360. The summed E-state index contributed by atoms with van der Waals surface area (Å²) in [6.07, 6.45) is 1.21. The molecule has 0 saturated heterocycles. The van der Waals surface area contributed by atoms with Crippen molar-refractivity contribution in [2.45, 2.75) is 33.4 Å². The van der Waals surface area contributed by atoms with E-state index < -0.39 is 0 Å². The first-order valence-electron chi connectivity index (χ1n) is 6.30. The van der Waals surface area contributed by atoms with Crippen LogP contribution < -0.4 is 4.90 Å². The third-order valence-corrected chi connectivity index (χ3v) is 3.31. The van der Waals surface area contributed by atoms with Crippen LogP contribution in [0.15, 0.2) is 18.2 Å². The molecule has 0 atom stereocenters. The summed E-state index contributed by atoms with van der Waals surface area (Å²) in [7, 11) is 2.18. The minimum atomic E-state index is 1.10. The van der Waals surface area contributed by atoms with Crippen LogP contribution in [0.5, 0.6) is 0 Å². The van der Waals surface area contributed by atoms with Crippen molar-refractivity contribution in [1.29, 1.82) is 0 Å². The van der Waals surface area contributed by atoms with Crippen LogP contribution in [-0.2, 0) is 13.1 Å². The molecule has 0 unspecified atom stereocenters. The number of benzene rings is 1. The number of anilines is 1. The number of fused-ring (bicyclic) bond motifs is 1. The fourth-order valence-corrected chi connectivity index (χ4v) is 2.49. The van der Waals surface area contributed by atoms with Gasteiger partial charge in [0.2, 0.25) is 0 Å². The largest absolute Gasteiger partial charge is 0.372 e. The van der Waals surface area contributed by atoms with Crippen LogP contribution in [0.3, 0.4) is 0 Å². The Labute approximate surface area is 98.9 Å². The number of hydrogen-bond acceptors (Lipinski definition) is 2. The molecular weight excluding hydrogens is 196 g/mol. The van der Waals surface area contributed by atoms with Gasteiger partial charge in [-0.05, 0) is 43.7 Å². The standard InChI is InChI=1S/C14H22N2/c1-4-8-16(5-2)14-7-6-12-10-15(3)11-13(12)9-14/h6-7,9H,4-5,8,10-11H2,1-3H3. The van der Waals surface area contributed by atoms with Gasteiger partial charge in [-0.3, -0.25) is 4.90 Å². The maximum Gasteiger partial charge on any atom is 0.0369 e. The first-order valence-corrected chi connectivity index (χ1v) is 6.30. The second-order valence-electron chi connectivity index (χ2n) is 4.70. The highest BCUT2D eigenvalue weighted by Crippen LogP contribution is 2.26. The van der Waals surface area contributed by atoms with Gasteiger partial charge >= 0.3 is 0 Å². The molecule has 0 amide bonds. The second-order valence-corrected chi connectivity index (χ2v) is 4.70. The van der Waals surface area contributed by atoms with Crippen molar-refractivity contribution in [3.05, 3.63) is 29.3 Å². The highest BCUT2D eigenvalue weighted by atomic mass is 15.1. The van der Waals surface area contributed by atoms with E-state index in [0.717, 1.165) is 26.2 Å². The van der Waals surface area contributed by atoms with Gasteiger partial charge in [-0.25, -0.2) is 0 Å². The summed E-state index contributed by atoms with van der Waals surface area (Å²) in [5.41, 5.74) is 4.40. The predicted molar refractivity (Wildman–Crippen MR) is 69.8 cm³/mol. The Balaban J connectivity index is 2.20. The van der Waals surface area contributed by atoms with Crippen LogP contribution in [0.1, 0.15) is 31.4 Å². The van der Waals surface area contributed by atoms with Gasteiger partial charge in [0.25, 0.3) is 0 Å². The Kier molecular flexibility index (Phi) is 3.49. The Morgan fingerprint density at radius 2 is 1.94 bits per heavy atom. The third-order valence-electron chi connectivity index (χ3n) is 3.31. The van der Waals surface area contributed by atoms with Crippen molar-refractivity contribution in [3.8, 4) is 0 Å². The average molecular weight is 218 g/mol. The zero-order valence-corrected chi connectivity index (χ0v) is 10.7. The van der Waals surface area contributed by atoms with Crippen LogP contribution in [0.2, 0.25) is 0 Å². The minimum Gasteiger partial charge on any atom is -0.372 e. The molecule has 0 radical (unpaired) electrons. The van der Waals surface area contributed by atoms with E-state index in [1.54, 1.807) is 0 Å². The SMILES string of the molecule is CCCN(CC)c1ccc2c(c1)CN(C)C2. The highest BCUT2D eigenvalue weighted by Gasteiger charge is 2.16. The zero-order chi connectivity index (χ0) is 11.5. The molecule has 16 heavy (non-hydrogen) atoms. The molecule has 1 aromatic rings. The third kappa shape index (κ3) is 2.22. The zero-order valence-electron chi connectivity index (χ0n) is 10.7. The Morgan fingerprint density at radius 1 is 1.19 bits per heavy atom. The molecular formula is C14H22N2. The Morgan fingerprint density at radius 3 is 2.62 bits per heavy atom. The van der Waals surface area contributed by atoms with Gasteiger partial charge in [0.15, 0.2) is 0 Å². The lowest BCUT2D eigenvalue weighted by atomic mass is 10.1. The molecule has 2 rings (SSSR count). The number of nitrogens with zero attached hydrogens (tertiary/aromatic N) is 2. The highest BCUT2D eigenvalue weighted by molar-refractivity contribution is 5.52. The molecule has 1 aromatic carbocycles.